The van der Waals surface area contributed by atoms with Crippen molar-refractivity contribution in [3.63, 3.8) is 0 Å². The van der Waals surface area contributed by atoms with Crippen LogP contribution in [0.2, 0.25) is 0 Å². The molecule has 1 fully saturated rings. The van der Waals surface area contributed by atoms with E-state index in [-0.39, 0.29) is 17.8 Å². The Morgan fingerprint density at radius 1 is 1.10 bits per heavy atom. The summed E-state index contributed by atoms with van der Waals surface area (Å²) in [7, 11) is 0. The minimum Gasteiger partial charge on any atom is -0.336 e. The molecule has 8 heteroatoms. The Bertz CT molecular complexity index is 970. The fourth-order valence-electron chi connectivity index (χ4n) is 3.33. The lowest BCUT2D eigenvalue weighted by Gasteiger charge is -2.36. The SMILES string of the molecule is CC(C(=O)Nc1cccc(F)c1)N1CCN(c2noc(-c3ccccc3)n2)CC1. The molecule has 0 saturated carbocycles. The van der Waals surface area contributed by atoms with Crippen LogP contribution in [-0.4, -0.2) is 53.2 Å². The highest BCUT2D eigenvalue weighted by Crippen LogP contribution is 2.21. The molecule has 1 unspecified atom stereocenters. The molecule has 4 rings (SSSR count). The molecule has 1 saturated heterocycles. The Kier molecular flexibility index (Phi) is 5.53. The summed E-state index contributed by atoms with van der Waals surface area (Å²) in [6.07, 6.45) is 0. The number of rotatable bonds is 5. The van der Waals surface area contributed by atoms with Crippen LogP contribution in [0.4, 0.5) is 16.0 Å². The Morgan fingerprint density at radius 3 is 2.59 bits per heavy atom. The molecule has 29 heavy (non-hydrogen) atoms. The molecule has 1 atom stereocenters. The minimum absolute atomic E-state index is 0.157. The van der Waals surface area contributed by atoms with E-state index in [4.69, 9.17) is 4.52 Å². The first kappa shape index (κ1) is 19.1. The average molecular weight is 395 g/mol. The van der Waals surface area contributed by atoms with Crippen molar-refractivity contribution >= 4 is 17.5 Å². The van der Waals surface area contributed by atoms with E-state index < -0.39 is 0 Å². The van der Waals surface area contributed by atoms with E-state index in [1.165, 1.54) is 12.1 Å². The molecule has 0 spiro atoms. The van der Waals surface area contributed by atoms with Gasteiger partial charge in [0.25, 0.3) is 11.8 Å². The fourth-order valence-corrected chi connectivity index (χ4v) is 3.33. The average Bonchev–Trinajstić information content (AvgIpc) is 3.24. The van der Waals surface area contributed by atoms with Crippen LogP contribution < -0.4 is 10.2 Å². The zero-order valence-corrected chi connectivity index (χ0v) is 16.1. The number of carbonyl (C=O) groups is 1. The molecule has 2 heterocycles. The second kappa shape index (κ2) is 8.40. The molecule has 7 nitrogen and oxygen atoms in total. The Hall–Kier alpha value is -3.26. The van der Waals surface area contributed by atoms with Crippen LogP contribution in [0.5, 0.6) is 0 Å². The molecular formula is C21H22FN5O2. The highest BCUT2D eigenvalue weighted by molar-refractivity contribution is 5.94. The Balaban J connectivity index is 1.33. The summed E-state index contributed by atoms with van der Waals surface area (Å²) in [5.41, 5.74) is 1.34. The van der Waals surface area contributed by atoms with Gasteiger partial charge in [-0.05, 0) is 42.4 Å². The largest absolute Gasteiger partial charge is 0.336 e. The van der Waals surface area contributed by atoms with Gasteiger partial charge < -0.3 is 14.7 Å². The van der Waals surface area contributed by atoms with Crippen molar-refractivity contribution in [3.8, 4) is 11.5 Å². The van der Waals surface area contributed by atoms with Gasteiger partial charge in [0.05, 0.1) is 6.04 Å². The van der Waals surface area contributed by atoms with Gasteiger partial charge in [0.2, 0.25) is 5.91 Å². The first-order valence-corrected chi connectivity index (χ1v) is 9.55. The maximum Gasteiger partial charge on any atom is 0.266 e. The van der Waals surface area contributed by atoms with Gasteiger partial charge >= 0.3 is 0 Å². The molecular weight excluding hydrogens is 373 g/mol. The Labute approximate surface area is 168 Å². The van der Waals surface area contributed by atoms with E-state index in [0.717, 1.165) is 5.56 Å². The lowest BCUT2D eigenvalue weighted by atomic mass is 10.2. The number of amides is 1. The van der Waals surface area contributed by atoms with E-state index in [9.17, 15) is 9.18 Å². The number of aromatic nitrogens is 2. The van der Waals surface area contributed by atoms with Crippen molar-refractivity contribution in [2.45, 2.75) is 13.0 Å². The lowest BCUT2D eigenvalue weighted by molar-refractivity contribution is -0.120. The van der Waals surface area contributed by atoms with Crippen molar-refractivity contribution in [1.29, 1.82) is 0 Å². The van der Waals surface area contributed by atoms with E-state index in [0.29, 0.717) is 43.7 Å². The first-order valence-electron chi connectivity index (χ1n) is 9.55. The van der Waals surface area contributed by atoms with E-state index in [2.05, 4.69) is 20.4 Å². The molecule has 1 amide bonds. The maximum atomic E-state index is 13.3. The van der Waals surface area contributed by atoms with Gasteiger partial charge in [0.15, 0.2) is 0 Å². The lowest BCUT2D eigenvalue weighted by Crippen LogP contribution is -2.53. The van der Waals surface area contributed by atoms with Crippen molar-refractivity contribution in [2.24, 2.45) is 0 Å². The highest BCUT2D eigenvalue weighted by Gasteiger charge is 2.27. The number of benzene rings is 2. The highest BCUT2D eigenvalue weighted by atomic mass is 19.1. The summed E-state index contributed by atoms with van der Waals surface area (Å²) in [5, 5.41) is 6.86. The molecule has 0 aliphatic carbocycles. The van der Waals surface area contributed by atoms with E-state index >= 15 is 0 Å². The van der Waals surface area contributed by atoms with Crippen LogP contribution in [-0.2, 0) is 4.79 Å². The molecule has 150 valence electrons. The smallest absolute Gasteiger partial charge is 0.266 e. The van der Waals surface area contributed by atoms with Crippen molar-refractivity contribution in [1.82, 2.24) is 15.0 Å². The Morgan fingerprint density at radius 2 is 1.86 bits per heavy atom. The number of nitrogens with zero attached hydrogens (tertiary/aromatic N) is 4. The number of nitrogens with one attached hydrogen (secondary N) is 1. The van der Waals surface area contributed by atoms with Gasteiger partial charge in [-0.25, -0.2) is 4.39 Å². The normalized spacial score (nSPS) is 15.9. The van der Waals surface area contributed by atoms with Gasteiger partial charge in [0, 0.05) is 37.4 Å². The monoisotopic (exact) mass is 395 g/mol. The van der Waals surface area contributed by atoms with Gasteiger partial charge in [-0.15, -0.1) is 0 Å². The van der Waals surface area contributed by atoms with Crippen molar-refractivity contribution in [3.05, 3.63) is 60.4 Å². The van der Waals surface area contributed by atoms with Crippen molar-refractivity contribution < 1.29 is 13.7 Å². The number of halogens is 1. The van der Waals surface area contributed by atoms with Crippen LogP contribution in [0.1, 0.15) is 6.92 Å². The summed E-state index contributed by atoms with van der Waals surface area (Å²) in [4.78, 5) is 21.1. The number of piperazine rings is 1. The van der Waals surface area contributed by atoms with Crippen LogP contribution in [0.25, 0.3) is 11.5 Å². The maximum absolute atomic E-state index is 13.3. The fraction of sp³-hybridized carbons (Fsp3) is 0.286. The third-order valence-electron chi connectivity index (χ3n) is 5.05. The quantitative estimate of drug-likeness (QED) is 0.716. The number of carbonyl (C=O) groups excluding carboxylic acids is 1. The van der Waals surface area contributed by atoms with Crippen LogP contribution >= 0.6 is 0 Å². The summed E-state index contributed by atoms with van der Waals surface area (Å²) >= 11 is 0. The van der Waals surface area contributed by atoms with Gasteiger partial charge in [-0.1, -0.05) is 24.3 Å². The summed E-state index contributed by atoms with van der Waals surface area (Å²) < 4.78 is 18.7. The molecule has 1 aliphatic heterocycles. The van der Waals surface area contributed by atoms with Gasteiger partial charge in [0.1, 0.15) is 5.82 Å². The van der Waals surface area contributed by atoms with Gasteiger partial charge in [-0.2, -0.15) is 4.98 Å². The molecule has 3 aromatic rings. The van der Waals surface area contributed by atoms with Crippen LogP contribution in [0.3, 0.4) is 0 Å². The second-order valence-corrected chi connectivity index (χ2v) is 6.96. The molecule has 1 aromatic heterocycles. The van der Waals surface area contributed by atoms with Crippen molar-refractivity contribution in [2.75, 3.05) is 36.4 Å². The molecule has 1 N–H and O–H groups in total. The molecule has 1 aliphatic rings. The zero-order valence-electron chi connectivity index (χ0n) is 16.1. The zero-order chi connectivity index (χ0) is 20.2. The summed E-state index contributed by atoms with van der Waals surface area (Å²) in [6.45, 7) is 4.60. The van der Waals surface area contributed by atoms with Crippen LogP contribution in [0.15, 0.2) is 59.1 Å². The third kappa shape index (κ3) is 4.43. The van der Waals surface area contributed by atoms with Gasteiger partial charge in [-0.3, -0.25) is 9.69 Å². The summed E-state index contributed by atoms with van der Waals surface area (Å²) in [6, 6.07) is 15.2. The molecule has 2 aromatic carbocycles. The number of hydrogen-bond donors (Lipinski definition) is 1. The second-order valence-electron chi connectivity index (χ2n) is 6.96. The first-order chi connectivity index (χ1) is 14.1. The third-order valence-corrected chi connectivity index (χ3v) is 5.05. The topological polar surface area (TPSA) is 74.5 Å². The molecule has 0 bridgehead atoms. The van der Waals surface area contributed by atoms with E-state index in [1.807, 2.05) is 42.2 Å². The van der Waals surface area contributed by atoms with E-state index in [1.54, 1.807) is 12.1 Å². The van der Waals surface area contributed by atoms with Crippen LogP contribution in [0, 0.1) is 5.82 Å². The summed E-state index contributed by atoms with van der Waals surface area (Å²) in [5.74, 6) is 0.514. The number of anilines is 2. The standard InChI is InChI=1S/C21H22FN5O2/c1-15(19(28)23-18-9-5-8-17(22)14-18)26-10-12-27(13-11-26)21-24-20(29-25-21)16-6-3-2-4-7-16/h2-9,14-15H,10-13H2,1H3,(H,23,28). The number of hydrogen-bond acceptors (Lipinski definition) is 6. The minimum atomic E-state index is -0.376. The predicted molar refractivity (Wildman–Crippen MR) is 108 cm³/mol. The predicted octanol–water partition coefficient (Wildman–Crippen LogP) is 3.02. The molecule has 0 radical (unpaired) electrons.